The smallest absolute Gasteiger partial charge is 0.237 e. The maximum atomic E-state index is 11.9. The highest BCUT2D eigenvalue weighted by Gasteiger charge is 2.21. The van der Waals surface area contributed by atoms with Crippen molar-refractivity contribution in [2.24, 2.45) is 11.7 Å². The van der Waals surface area contributed by atoms with Gasteiger partial charge in [-0.2, -0.15) is 0 Å². The maximum absolute atomic E-state index is 11.9. The summed E-state index contributed by atoms with van der Waals surface area (Å²) >= 11 is 0. The number of benzene rings is 1. The third-order valence-corrected chi connectivity index (χ3v) is 3.69. The van der Waals surface area contributed by atoms with Gasteiger partial charge < -0.3 is 16.0 Å². The summed E-state index contributed by atoms with van der Waals surface area (Å²) in [5.74, 6) is 0.524. The van der Waals surface area contributed by atoms with Crippen LogP contribution in [0, 0.1) is 5.92 Å². The second-order valence-electron chi connectivity index (χ2n) is 5.46. The van der Waals surface area contributed by atoms with E-state index in [1.54, 1.807) is 0 Å². The Hall–Kier alpha value is -0.810. The quantitative estimate of drug-likeness (QED) is 0.857. The Morgan fingerprint density at radius 2 is 2.05 bits per heavy atom. The lowest BCUT2D eigenvalue weighted by atomic mass is 10.1. The SMILES string of the molecule is CN1CCC(CNC(=O)C(N)Cc2ccccc2)C1.Cl.Cl. The number of hydrogen-bond acceptors (Lipinski definition) is 3. The third kappa shape index (κ3) is 6.66. The zero-order valence-electron chi connectivity index (χ0n) is 12.3. The van der Waals surface area contributed by atoms with Gasteiger partial charge in [-0.25, -0.2) is 0 Å². The monoisotopic (exact) mass is 333 g/mol. The largest absolute Gasteiger partial charge is 0.354 e. The first-order valence-corrected chi connectivity index (χ1v) is 6.91. The minimum Gasteiger partial charge on any atom is -0.354 e. The van der Waals surface area contributed by atoms with Crippen LogP contribution in [0.2, 0.25) is 0 Å². The van der Waals surface area contributed by atoms with Gasteiger partial charge in [0.05, 0.1) is 6.04 Å². The fraction of sp³-hybridized carbons (Fsp3) is 0.533. The molecule has 1 amide bonds. The number of carbonyl (C=O) groups excluding carboxylic acids is 1. The number of nitrogens with one attached hydrogen (secondary N) is 1. The number of rotatable bonds is 5. The molecule has 0 aromatic heterocycles. The van der Waals surface area contributed by atoms with Crippen LogP contribution in [0.5, 0.6) is 0 Å². The van der Waals surface area contributed by atoms with E-state index < -0.39 is 6.04 Å². The first-order valence-electron chi connectivity index (χ1n) is 6.91. The van der Waals surface area contributed by atoms with Crippen molar-refractivity contribution < 1.29 is 4.79 Å². The molecular formula is C15H25Cl2N3O. The number of hydrogen-bond donors (Lipinski definition) is 2. The van der Waals surface area contributed by atoms with Crippen LogP contribution in [0.15, 0.2) is 30.3 Å². The maximum Gasteiger partial charge on any atom is 0.237 e. The lowest BCUT2D eigenvalue weighted by Crippen LogP contribution is -2.43. The summed E-state index contributed by atoms with van der Waals surface area (Å²) in [6, 6.07) is 9.44. The summed E-state index contributed by atoms with van der Waals surface area (Å²) in [5, 5.41) is 2.97. The van der Waals surface area contributed by atoms with E-state index in [0.717, 1.165) is 31.6 Å². The van der Waals surface area contributed by atoms with Crippen molar-refractivity contribution in [2.75, 3.05) is 26.7 Å². The Kier molecular flexibility index (Phi) is 9.62. The molecule has 2 rings (SSSR count). The van der Waals surface area contributed by atoms with Gasteiger partial charge in [0.2, 0.25) is 5.91 Å². The standard InChI is InChI=1S/C15H23N3O.2ClH/c1-18-8-7-13(11-18)10-17-15(19)14(16)9-12-5-3-2-4-6-12;;/h2-6,13-14H,7-11,16H2,1H3,(H,17,19);2*1H. The van der Waals surface area contributed by atoms with Gasteiger partial charge in [0, 0.05) is 13.1 Å². The van der Waals surface area contributed by atoms with Crippen molar-refractivity contribution in [1.29, 1.82) is 0 Å². The van der Waals surface area contributed by atoms with E-state index >= 15 is 0 Å². The van der Waals surface area contributed by atoms with Crippen molar-refractivity contribution in [3.63, 3.8) is 0 Å². The minimum atomic E-state index is -0.457. The molecule has 0 spiro atoms. The van der Waals surface area contributed by atoms with Crippen LogP contribution in [-0.2, 0) is 11.2 Å². The summed E-state index contributed by atoms with van der Waals surface area (Å²) in [6.45, 7) is 2.93. The highest BCUT2D eigenvalue weighted by Crippen LogP contribution is 2.12. The van der Waals surface area contributed by atoms with E-state index in [0.29, 0.717) is 12.3 Å². The van der Waals surface area contributed by atoms with E-state index in [-0.39, 0.29) is 30.7 Å². The van der Waals surface area contributed by atoms with E-state index in [2.05, 4.69) is 17.3 Å². The molecule has 0 radical (unpaired) electrons. The molecular weight excluding hydrogens is 309 g/mol. The average Bonchev–Trinajstić information content (AvgIpc) is 2.83. The van der Waals surface area contributed by atoms with Gasteiger partial charge in [0.1, 0.15) is 0 Å². The first kappa shape index (κ1) is 20.2. The topological polar surface area (TPSA) is 58.4 Å². The van der Waals surface area contributed by atoms with Gasteiger partial charge in [0.25, 0.3) is 0 Å². The van der Waals surface area contributed by atoms with Crippen molar-refractivity contribution in [2.45, 2.75) is 18.9 Å². The van der Waals surface area contributed by atoms with Gasteiger partial charge in [-0.15, -0.1) is 24.8 Å². The van der Waals surface area contributed by atoms with E-state index in [1.807, 2.05) is 30.3 Å². The van der Waals surface area contributed by atoms with Crippen LogP contribution >= 0.6 is 24.8 Å². The molecule has 0 saturated carbocycles. The van der Waals surface area contributed by atoms with Gasteiger partial charge in [-0.05, 0) is 37.9 Å². The van der Waals surface area contributed by atoms with Crippen molar-refractivity contribution in [3.8, 4) is 0 Å². The predicted octanol–water partition coefficient (Wildman–Crippen LogP) is 1.47. The second kappa shape index (κ2) is 10.0. The summed E-state index contributed by atoms with van der Waals surface area (Å²) in [7, 11) is 2.11. The minimum absolute atomic E-state index is 0. The first-order chi connectivity index (χ1) is 9.15. The molecule has 1 heterocycles. The normalized spacial score (nSPS) is 19.2. The average molecular weight is 334 g/mol. The van der Waals surface area contributed by atoms with E-state index in [1.165, 1.54) is 0 Å². The molecule has 2 unspecified atom stereocenters. The number of nitrogens with zero attached hydrogens (tertiary/aromatic N) is 1. The van der Waals surface area contributed by atoms with Crippen LogP contribution in [0.25, 0.3) is 0 Å². The number of amides is 1. The Bertz CT molecular complexity index is 417. The number of halogens is 2. The zero-order chi connectivity index (χ0) is 13.7. The molecule has 1 aromatic rings. The van der Waals surface area contributed by atoms with Gasteiger partial charge in [-0.1, -0.05) is 30.3 Å². The Balaban J connectivity index is 0.00000200. The molecule has 3 N–H and O–H groups in total. The highest BCUT2D eigenvalue weighted by atomic mass is 35.5. The van der Waals surface area contributed by atoms with Gasteiger partial charge in [-0.3, -0.25) is 4.79 Å². The molecule has 0 aliphatic carbocycles. The van der Waals surface area contributed by atoms with Crippen LogP contribution in [0.3, 0.4) is 0 Å². The van der Waals surface area contributed by atoms with Crippen LogP contribution in [0.1, 0.15) is 12.0 Å². The summed E-state index contributed by atoms with van der Waals surface area (Å²) in [4.78, 5) is 14.2. The van der Waals surface area contributed by atoms with E-state index in [4.69, 9.17) is 5.73 Å². The Morgan fingerprint density at radius 3 is 2.62 bits per heavy atom. The molecule has 1 aromatic carbocycles. The van der Waals surface area contributed by atoms with Gasteiger partial charge in [0.15, 0.2) is 0 Å². The highest BCUT2D eigenvalue weighted by molar-refractivity contribution is 5.85. The van der Waals surface area contributed by atoms with Gasteiger partial charge >= 0.3 is 0 Å². The van der Waals surface area contributed by atoms with Crippen molar-refractivity contribution in [3.05, 3.63) is 35.9 Å². The lowest BCUT2D eigenvalue weighted by Gasteiger charge is -2.15. The summed E-state index contributed by atoms with van der Waals surface area (Å²) in [6.07, 6.45) is 1.75. The van der Waals surface area contributed by atoms with Crippen molar-refractivity contribution >= 4 is 30.7 Å². The molecule has 4 nitrogen and oxygen atoms in total. The molecule has 1 aliphatic rings. The molecule has 1 saturated heterocycles. The Morgan fingerprint density at radius 1 is 1.38 bits per heavy atom. The van der Waals surface area contributed by atoms with Crippen LogP contribution < -0.4 is 11.1 Å². The summed E-state index contributed by atoms with van der Waals surface area (Å²) < 4.78 is 0. The lowest BCUT2D eigenvalue weighted by molar-refractivity contribution is -0.122. The number of nitrogens with two attached hydrogens (primary N) is 1. The van der Waals surface area contributed by atoms with Crippen molar-refractivity contribution in [1.82, 2.24) is 10.2 Å². The molecule has 6 heteroatoms. The molecule has 0 bridgehead atoms. The Labute approximate surface area is 139 Å². The van der Waals surface area contributed by atoms with Crippen LogP contribution in [0.4, 0.5) is 0 Å². The predicted molar refractivity (Wildman–Crippen MR) is 91.2 cm³/mol. The zero-order valence-corrected chi connectivity index (χ0v) is 14.0. The second-order valence-corrected chi connectivity index (χ2v) is 5.46. The molecule has 1 fully saturated rings. The fourth-order valence-electron chi connectivity index (χ4n) is 2.53. The molecule has 21 heavy (non-hydrogen) atoms. The number of likely N-dealkylation sites (tertiary alicyclic amines) is 1. The number of carbonyl (C=O) groups is 1. The van der Waals surface area contributed by atoms with Crippen LogP contribution in [-0.4, -0.2) is 43.5 Å². The third-order valence-electron chi connectivity index (χ3n) is 3.69. The summed E-state index contributed by atoms with van der Waals surface area (Å²) in [5.41, 5.74) is 7.04. The molecule has 2 atom stereocenters. The fourth-order valence-corrected chi connectivity index (χ4v) is 2.53. The molecule has 120 valence electrons. The molecule has 1 aliphatic heterocycles. The van der Waals surface area contributed by atoms with E-state index in [9.17, 15) is 4.79 Å².